The van der Waals surface area contributed by atoms with Gasteiger partial charge in [0.05, 0.1) is 0 Å². The van der Waals surface area contributed by atoms with Crippen molar-refractivity contribution in [1.29, 1.82) is 0 Å². The van der Waals surface area contributed by atoms with E-state index in [0.717, 1.165) is 0 Å². The fourth-order valence-electron chi connectivity index (χ4n) is 1.35. The molecule has 0 aromatic heterocycles. The van der Waals surface area contributed by atoms with E-state index in [1.165, 1.54) is 0 Å². The van der Waals surface area contributed by atoms with E-state index in [-0.39, 0.29) is 0 Å². The Morgan fingerprint density at radius 2 is 1.93 bits per heavy atom. The van der Waals surface area contributed by atoms with Crippen molar-refractivity contribution in [1.82, 2.24) is 0 Å². The van der Waals surface area contributed by atoms with Crippen LogP contribution in [0.4, 0.5) is 0 Å². The van der Waals surface area contributed by atoms with Crippen molar-refractivity contribution in [2.75, 3.05) is 0 Å². The van der Waals surface area contributed by atoms with Gasteiger partial charge in [0.1, 0.15) is 0 Å². The number of esters is 1. The first-order valence-corrected chi connectivity index (χ1v) is 4.56. The maximum atomic E-state index is 10.9. The number of benzene rings is 1. The largest absolute Gasteiger partial charge is 0.505 e. The summed E-state index contributed by atoms with van der Waals surface area (Å²) in [5.74, 6) is -2.22. The standard InChI is InChI=1S/C10H7ClO4/c11-6-4-2-1-3-5(6)9-7(12)8(13)10(14)15-9/h1-4,9,12-13H. The molecule has 1 atom stereocenters. The molecule has 1 aromatic rings. The van der Waals surface area contributed by atoms with Crippen molar-refractivity contribution < 1.29 is 19.7 Å². The second kappa shape index (κ2) is 3.47. The molecule has 78 valence electrons. The molecular formula is C10H7ClO4. The van der Waals surface area contributed by atoms with Crippen LogP contribution in [0, 0.1) is 0 Å². The van der Waals surface area contributed by atoms with Gasteiger partial charge in [-0.15, -0.1) is 0 Å². The van der Waals surface area contributed by atoms with E-state index in [2.05, 4.69) is 0 Å². The fourth-order valence-corrected chi connectivity index (χ4v) is 1.58. The molecule has 5 heteroatoms. The summed E-state index contributed by atoms with van der Waals surface area (Å²) >= 11 is 5.86. The lowest BCUT2D eigenvalue weighted by Gasteiger charge is -2.11. The first kappa shape index (κ1) is 9.86. The highest BCUT2D eigenvalue weighted by Gasteiger charge is 2.36. The van der Waals surface area contributed by atoms with Gasteiger partial charge in [0, 0.05) is 10.6 Å². The number of ether oxygens (including phenoxy) is 1. The molecule has 2 N–H and O–H groups in total. The highest BCUT2D eigenvalue weighted by Crippen LogP contribution is 2.35. The van der Waals surface area contributed by atoms with Crippen molar-refractivity contribution >= 4 is 17.6 Å². The molecule has 0 aliphatic carbocycles. The van der Waals surface area contributed by atoms with Crippen molar-refractivity contribution in [2.45, 2.75) is 6.10 Å². The smallest absolute Gasteiger partial charge is 0.378 e. The summed E-state index contributed by atoms with van der Waals surface area (Å²) in [6, 6.07) is 6.61. The monoisotopic (exact) mass is 226 g/mol. The molecule has 0 bridgehead atoms. The molecule has 4 nitrogen and oxygen atoms in total. The first-order valence-electron chi connectivity index (χ1n) is 4.18. The van der Waals surface area contributed by atoms with E-state index in [0.29, 0.717) is 10.6 Å². The van der Waals surface area contributed by atoms with Crippen LogP contribution in [0.2, 0.25) is 5.02 Å². The Morgan fingerprint density at radius 1 is 1.27 bits per heavy atom. The van der Waals surface area contributed by atoms with Gasteiger partial charge >= 0.3 is 5.97 Å². The molecule has 0 saturated heterocycles. The Balaban J connectivity index is 2.44. The van der Waals surface area contributed by atoms with Gasteiger partial charge in [0.25, 0.3) is 0 Å². The predicted octanol–water partition coefficient (Wildman–Crippen LogP) is 2.27. The number of rotatable bonds is 1. The topological polar surface area (TPSA) is 66.8 Å². The minimum absolute atomic E-state index is 0.358. The second-order valence-corrected chi connectivity index (χ2v) is 3.45. The van der Waals surface area contributed by atoms with Gasteiger partial charge in [0.2, 0.25) is 5.76 Å². The lowest BCUT2D eigenvalue weighted by molar-refractivity contribution is -0.142. The highest BCUT2D eigenvalue weighted by atomic mass is 35.5. The van der Waals surface area contributed by atoms with Gasteiger partial charge < -0.3 is 14.9 Å². The summed E-state index contributed by atoms with van der Waals surface area (Å²) in [5.41, 5.74) is 0.439. The minimum Gasteiger partial charge on any atom is -0.505 e. The maximum absolute atomic E-state index is 10.9. The Kier molecular flexibility index (Phi) is 2.28. The van der Waals surface area contributed by atoms with Crippen molar-refractivity contribution in [2.24, 2.45) is 0 Å². The van der Waals surface area contributed by atoms with Gasteiger partial charge in [-0.2, -0.15) is 0 Å². The molecule has 2 rings (SSSR count). The third-order valence-corrected chi connectivity index (χ3v) is 2.44. The van der Waals surface area contributed by atoms with Gasteiger partial charge in [-0.1, -0.05) is 29.8 Å². The van der Waals surface area contributed by atoms with Crippen LogP contribution in [0.3, 0.4) is 0 Å². The van der Waals surface area contributed by atoms with E-state index in [1.54, 1.807) is 24.3 Å². The minimum atomic E-state index is -1.01. The Morgan fingerprint density at radius 3 is 2.47 bits per heavy atom. The maximum Gasteiger partial charge on any atom is 0.378 e. The van der Waals surface area contributed by atoms with Gasteiger partial charge in [0.15, 0.2) is 11.9 Å². The normalized spacial score (nSPS) is 20.6. The Hall–Kier alpha value is -1.68. The van der Waals surface area contributed by atoms with Crippen LogP contribution >= 0.6 is 11.6 Å². The summed E-state index contributed by atoms with van der Waals surface area (Å²) in [6.07, 6.45) is -1.01. The Labute approximate surface area is 90.4 Å². The van der Waals surface area contributed by atoms with E-state index >= 15 is 0 Å². The van der Waals surface area contributed by atoms with E-state index in [1.807, 2.05) is 0 Å². The van der Waals surface area contributed by atoms with E-state index in [9.17, 15) is 9.90 Å². The molecule has 0 amide bonds. The van der Waals surface area contributed by atoms with Gasteiger partial charge in [-0.25, -0.2) is 4.79 Å². The van der Waals surface area contributed by atoms with Gasteiger partial charge in [-0.3, -0.25) is 0 Å². The molecule has 0 radical (unpaired) electrons. The van der Waals surface area contributed by atoms with E-state index < -0.39 is 23.6 Å². The Bertz CT molecular complexity index is 452. The van der Waals surface area contributed by atoms with Gasteiger partial charge in [-0.05, 0) is 6.07 Å². The summed E-state index contributed by atoms with van der Waals surface area (Å²) < 4.78 is 4.76. The number of carbonyl (C=O) groups is 1. The predicted molar refractivity (Wildman–Crippen MR) is 52.6 cm³/mol. The molecule has 1 aliphatic rings. The highest BCUT2D eigenvalue weighted by molar-refractivity contribution is 6.31. The fraction of sp³-hybridized carbons (Fsp3) is 0.100. The number of cyclic esters (lactones) is 1. The molecule has 0 spiro atoms. The zero-order chi connectivity index (χ0) is 11.0. The SMILES string of the molecule is O=C1OC(c2ccccc2Cl)C(O)=C1O. The zero-order valence-corrected chi connectivity index (χ0v) is 8.23. The number of aliphatic hydroxyl groups is 2. The van der Waals surface area contributed by atoms with Crippen LogP contribution in [0.5, 0.6) is 0 Å². The number of hydrogen-bond acceptors (Lipinski definition) is 4. The molecule has 1 unspecified atom stereocenters. The van der Waals surface area contributed by atoms with E-state index in [4.69, 9.17) is 21.4 Å². The molecular weight excluding hydrogens is 220 g/mol. The first-order chi connectivity index (χ1) is 7.11. The van der Waals surface area contributed by atoms with Crippen LogP contribution in [0.1, 0.15) is 11.7 Å². The lowest BCUT2D eigenvalue weighted by atomic mass is 10.1. The summed E-state index contributed by atoms with van der Waals surface area (Å²) in [5, 5.41) is 18.9. The zero-order valence-electron chi connectivity index (χ0n) is 7.48. The van der Waals surface area contributed by atoms with Crippen molar-refractivity contribution in [3.8, 4) is 0 Å². The van der Waals surface area contributed by atoms with Crippen LogP contribution in [-0.4, -0.2) is 16.2 Å². The molecule has 1 aromatic carbocycles. The quantitative estimate of drug-likeness (QED) is 0.721. The van der Waals surface area contributed by atoms with Crippen LogP contribution in [0.15, 0.2) is 35.8 Å². The number of hydrogen-bond donors (Lipinski definition) is 2. The second-order valence-electron chi connectivity index (χ2n) is 3.04. The van der Waals surface area contributed by atoms with Crippen molar-refractivity contribution in [3.63, 3.8) is 0 Å². The molecule has 1 aliphatic heterocycles. The molecule has 15 heavy (non-hydrogen) atoms. The molecule has 0 saturated carbocycles. The number of aliphatic hydroxyl groups excluding tert-OH is 2. The third kappa shape index (κ3) is 1.53. The summed E-state index contributed by atoms with van der Waals surface area (Å²) in [7, 11) is 0. The lowest BCUT2D eigenvalue weighted by Crippen LogP contribution is -2.03. The number of carbonyl (C=O) groups excluding carboxylic acids is 1. The van der Waals surface area contributed by atoms with Crippen molar-refractivity contribution in [3.05, 3.63) is 46.4 Å². The van der Waals surface area contributed by atoms with Crippen LogP contribution < -0.4 is 0 Å². The molecule has 1 heterocycles. The average Bonchev–Trinajstić information content (AvgIpc) is 2.47. The summed E-state index contributed by atoms with van der Waals surface area (Å²) in [6.45, 7) is 0. The van der Waals surface area contributed by atoms with Crippen LogP contribution in [-0.2, 0) is 9.53 Å². The summed E-state index contributed by atoms with van der Waals surface area (Å²) in [4.78, 5) is 10.9. The van der Waals surface area contributed by atoms with Crippen LogP contribution in [0.25, 0.3) is 0 Å². The average molecular weight is 227 g/mol. The molecule has 0 fully saturated rings. The third-order valence-electron chi connectivity index (χ3n) is 2.10. The number of halogens is 1.